The van der Waals surface area contributed by atoms with Gasteiger partial charge in [-0.1, -0.05) is 6.07 Å². The van der Waals surface area contributed by atoms with Crippen LogP contribution in [0.4, 0.5) is 5.82 Å². The van der Waals surface area contributed by atoms with E-state index < -0.39 is 4.92 Å². The Hall–Kier alpha value is -2.30. The van der Waals surface area contributed by atoms with Gasteiger partial charge in [0, 0.05) is 24.0 Å². The fourth-order valence-electron chi connectivity index (χ4n) is 1.23. The van der Waals surface area contributed by atoms with Crippen LogP contribution in [0.5, 0.6) is 0 Å². The van der Waals surface area contributed by atoms with Crippen LogP contribution in [0.25, 0.3) is 11.1 Å². The minimum atomic E-state index is -0.514. The molecule has 74 valence electrons. The van der Waals surface area contributed by atoms with Gasteiger partial charge in [-0.05, 0) is 27.6 Å². The number of nitrogens with zero attached hydrogens (tertiary/aromatic N) is 3. The molecule has 0 bridgehead atoms. The zero-order valence-corrected chi connectivity index (χ0v) is 7.70. The summed E-state index contributed by atoms with van der Waals surface area (Å²) < 4.78 is 0. The molecule has 0 spiro atoms. The summed E-state index contributed by atoms with van der Waals surface area (Å²) >= 11 is 0. The van der Waals surface area contributed by atoms with Crippen LogP contribution in [0, 0.1) is 10.1 Å². The largest absolute Gasteiger partial charge is 0.364 e. The van der Waals surface area contributed by atoms with E-state index in [2.05, 4.69) is 9.97 Å². The van der Waals surface area contributed by atoms with Crippen LogP contribution >= 0.6 is 0 Å². The van der Waals surface area contributed by atoms with Crippen LogP contribution in [-0.2, 0) is 0 Å². The van der Waals surface area contributed by atoms with E-state index in [4.69, 9.17) is 0 Å². The first-order valence-corrected chi connectivity index (χ1v) is 4.28. The number of hydrogen-bond acceptors (Lipinski definition) is 4. The summed E-state index contributed by atoms with van der Waals surface area (Å²) in [5.41, 5.74) is 1.58. The topological polar surface area (TPSA) is 68.9 Å². The summed E-state index contributed by atoms with van der Waals surface area (Å²) in [4.78, 5) is 17.6. The molecular formula is C10H7N3O2. The Morgan fingerprint density at radius 2 is 2.07 bits per heavy atom. The van der Waals surface area contributed by atoms with Crippen molar-refractivity contribution in [3.8, 4) is 11.1 Å². The van der Waals surface area contributed by atoms with Crippen molar-refractivity contribution in [1.82, 2.24) is 9.97 Å². The number of nitro groups is 1. The molecule has 2 aromatic heterocycles. The summed E-state index contributed by atoms with van der Waals surface area (Å²) in [7, 11) is 0. The van der Waals surface area contributed by atoms with Crippen molar-refractivity contribution >= 4 is 5.82 Å². The van der Waals surface area contributed by atoms with Crippen molar-refractivity contribution < 1.29 is 4.92 Å². The first-order chi connectivity index (χ1) is 7.27. The fraction of sp³-hybridized carbons (Fsp3) is 0. The van der Waals surface area contributed by atoms with Gasteiger partial charge in [0.05, 0.1) is 0 Å². The quantitative estimate of drug-likeness (QED) is 0.550. The Labute approximate surface area is 85.6 Å². The minimum Gasteiger partial charge on any atom is -0.358 e. The molecule has 5 nitrogen and oxygen atoms in total. The molecule has 0 unspecified atom stereocenters. The fourth-order valence-corrected chi connectivity index (χ4v) is 1.23. The SMILES string of the molecule is O=[N+]([O-])c1cc(-c2cccnc2)ccn1. The number of hydrogen-bond donors (Lipinski definition) is 0. The van der Waals surface area contributed by atoms with Crippen molar-refractivity contribution in [2.75, 3.05) is 0 Å². The average Bonchev–Trinajstić information content (AvgIpc) is 2.30. The highest BCUT2D eigenvalue weighted by Crippen LogP contribution is 2.20. The second kappa shape index (κ2) is 3.83. The van der Waals surface area contributed by atoms with Crippen LogP contribution in [-0.4, -0.2) is 14.9 Å². The molecule has 2 aromatic rings. The van der Waals surface area contributed by atoms with E-state index in [0.29, 0.717) is 0 Å². The lowest BCUT2D eigenvalue weighted by molar-refractivity contribution is -0.389. The van der Waals surface area contributed by atoms with Crippen molar-refractivity contribution in [2.24, 2.45) is 0 Å². The van der Waals surface area contributed by atoms with Crippen LogP contribution in [0.1, 0.15) is 0 Å². The standard InChI is InChI=1S/C10H7N3O2/c14-13(15)10-6-8(3-5-12-10)9-2-1-4-11-7-9/h1-7H. The van der Waals surface area contributed by atoms with E-state index in [0.717, 1.165) is 11.1 Å². The molecule has 0 amide bonds. The normalized spacial score (nSPS) is 9.87. The summed E-state index contributed by atoms with van der Waals surface area (Å²) in [6.07, 6.45) is 4.72. The molecule has 0 saturated carbocycles. The maximum Gasteiger partial charge on any atom is 0.364 e. The van der Waals surface area contributed by atoms with Crippen LogP contribution in [0.15, 0.2) is 42.9 Å². The third-order valence-electron chi connectivity index (χ3n) is 1.93. The lowest BCUT2D eigenvalue weighted by atomic mass is 10.1. The molecule has 2 rings (SSSR count). The molecule has 0 aliphatic carbocycles. The third kappa shape index (κ3) is 1.96. The van der Waals surface area contributed by atoms with Gasteiger partial charge in [0.2, 0.25) is 0 Å². The molecule has 0 aliphatic heterocycles. The van der Waals surface area contributed by atoms with Crippen molar-refractivity contribution in [3.05, 3.63) is 53.0 Å². The Morgan fingerprint density at radius 1 is 1.20 bits per heavy atom. The number of aromatic nitrogens is 2. The Bertz CT molecular complexity index is 485. The van der Waals surface area contributed by atoms with E-state index in [-0.39, 0.29) is 5.82 Å². The van der Waals surface area contributed by atoms with E-state index >= 15 is 0 Å². The molecule has 0 aliphatic rings. The molecule has 5 heteroatoms. The first kappa shape index (κ1) is 9.26. The van der Waals surface area contributed by atoms with E-state index in [1.54, 1.807) is 24.5 Å². The van der Waals surface area contributed by atoms with Gasteiger partial charge in [-0.15, -0.1) is 0 Å². The highest BCUT2D eigenvalue weighted by atomic mass is 16.6. The average molecular weight is 201 g/mol. The Kier molecular flexibility index (Phi) is 2.37. The van der Waals surface area contributed by atoms with Gasteiger partial charge in [0.1, 0.15) is 6.20 Å². The summed E-state index contributed by atoms with van der Waals surface area (Å²) in [5, 5.41) is 10.5. The van der Waals surface area contributed by atoms with Gasteiger partial charge in [-0.25, -0.2) is 0 Å². The highest BCUT2D eigenvalue weighted by Gasteiger charge is 2.08. The van der Waals surface area contributed by atoms with E-state index in [1.165, 1.54) is 12.3 Å². The molecule has 2 heterocycles. The summed E-state index contributed by atoms with van der Waals surface area (Å²) in [6, 6.07) is 6.76. The number of pyridine rings is 2. The molecular weight excluding hydrogens is 194 g/mol. The van der Waals surface area contributed by atoms with Gasteiger partial charge in [0.25, 0.3) is 0 Å². The summed E-state index contributed by atoms with van der Waals surface area (Å²) in [6.45, 7) is 0. The first-order valence-electron chi connectivity index (χ1n) is 4.28. The van der Waals surface area contributed by atoms with Gasteiger partial charge in [-0.2, -0.15) is 0 Å². The van der Waals surface area contributed by atoms with Crippen LogP contribution < -0.4 is 0 Å². The minimum absolute atomic E-state index is 0.156. The van der Waals surface area contributed by atoms with Crippen molar-refractivity contribution in [1.29, 1.82) is 0 Å². The third-order valence-corrected chi connectivity index (χ3v) is 1.93. The van der Waals surface area contributed by atoms with Gasteiger partial charge >= 0.3 is 5.82 Å². The molecule has 0 N–H and O–H groups in total. The van der Waals surface area contributed by atoms with E-state index in [1.807, 2.05) is 6.07 Å². The highest BCUT2D eigenvalue weighted by molar-refractivity contribution is 5.63. The van der Waals surface area contributed by atoms with Crippen molar-refractivity contribution in [3.63, 3.8) is 0 Å². The molecule has 0 aromatic carbocycles. The summed E-state index contributed by atoms with van der Waals surface area (Å²) in [5.74, 6) is -0.156. The Balaban J connectivity index is 2.46. The molecule has 0 radical (unpaired) electrons. The lowest BCUT2D eigenvalue weighted by Gasteiger charge is -1.98. The Morgan fingerprint density at radius 3 is 2.73 bits per heavy atom. The molecule has 0 fully saturated rings. The molecule has 15 heavy (non-hydrogen) atoms. The second-order valence-electron chi connectivity index (χ2n) is 2.90. The maximum atomic E-state index is 10.5. The van der Waals surface area contributed by atoms with Gasteiger partial charge < -0.3 is 10.1 Å². The van der Waals surface area contributed by atoms with Gasteiger partial charge in [0.15, 0.2) is 0 Å². The zero-order chi connectivity index (χ0) is 10.7. The predicted octanol–water partition coefficient (Wildman–Crippen LogP) is 2.05. The van der Waals surface area contributed by atoms with E-state index in [9.17, 15) is 10.1 Å². The smallest absolute Gasteiger partial charge is 0.358 e. The molecule has 0 saturated heterocycles. The van der Waals surface area contributed by atoms with Crippen molar-refractivity contribution in [2.45, 2.75) is 0 Å². The molecule has 0 atom stereocenters. The second-order valence-corrected chi connectivity index (χ2v) is 2.90. The van der Waals surface area contributed by atoms with Gasteiger partial charge in [-0.3, -0.25) is 4.98 Å². The predicted molar refractivity (Wildman–Crippen MR) is 54.1 cm³/mol. The maximum absolute atomic E-state index is 10.5. The monoisotopic (exact) mass is 201 g/mol. The van der Waals surface area contributed by atoms with Crippen LogP contribution in [0.3, 0.4) is 0 Å². The zero-order valence-electron chi connectivity index (χ0n) is 7.70. The number of rotatable bonds is 2. The van der Waals surface area contributed by atoms with Crippen LogP contribution in [0.2, 0.25) is 0 Å². The lowest BCUT2D eigenvalue weighted by Crippen LogP contribution is -1.91.